The van der Waals surface area contributed by atoms with Crippen LogP contribution in [0.25, 0.3) is 0 Å². The van der Waals surface area contributed by atoms with E-state index >= 15 is 0 Å². The van der Waals surface area contributed by atoms with Crippen molar-refractivity contribution in [2.45, 2.75) is 62.9 Å². The molecular formula is C20H26FN3O. The van der Waals surface area contributed by atoms with Gasteiger partial charge in [-0.3, -0.25) is 9.69 Å². The van der Waals surface area contributed by atoms with Crippen molar-refractivity contribution >= 4 is 5.91 Å². The molecule has 1 saturated carbocycles. The maximum Gasteiger partial charge on any atom is 0.235 e. The molecule has 0 bridgehead atoms. The molecule has 1 amide bonds. The van der Waals surface area contributed by atoms with Crippen molar-refractivity contribution in [1.29, 1.82) is 5.26 Å². The van der Waals surface area contributed by atoms with Crippen molar-refractivity contribution in [1.82, 2.24) is 10.2 Å². The quantitative estimate of drug-likeness (QED) is 0.893. The van der Waals surface area contributed by atoms with Crippen LogP contribution in [0.5, 0.6) is 0 Å². The highest BCUT2D eigenvalue weighted by Crippen LogP contribution is 2.28. The third-order valence-corrected chi connectivity index (χ3v) is 5.51. The Labute approximate surface area is 149 Å². The lowest BCUT2D eigenvalue weighted by molar-refractivity contribution is -0.124. The minimum atomic E-state index is -0.673. The molecule has 4 nitrogen and oxygen atoms in total. The second-order valence-electron chi connectivity index (χ2n) is 7.40. The molecule has 3 rings (SSSR count). The van der Waals surface area contributed by atoms with E-state index in [9.17, 15) is 14.4 Å². The van der Waals surface area contributed by atoms with Gasteiger partial charge in [-0.2, -0.15) is 5.26 Å². The first-order chi connectivity index (χ1) is 12.1. The molecule has 2 fully saturated rings. The van der Waals surface area contributed by atoms with Crippen molar-refractivity contribution in [3.63, 3.8) is 0 Å². The zero-order valence-electron chi connectivity index (χ0n) is 14.6. The maximum absolute atomic E-state index is 13.4. The van der Waals surface area contributed by atoms with Crippen molar-refractivity contribution in [3.05, 3.63) is 35.6 Å². The lowest BCUT2D eigenvalue weighted by Crippen LogP contribution is -2.52. The summed E-state index contributed by atoms with van der Waals surface area (Å²) in [5.41, 5.74) is 0.297. The average Bonchev–Trinajstić information content (AvgIpc) is 3.02. The van der Waals surface area contributed by atoms with Crippen LogP contribution in [0.2, 0.25) is 0 Å². The molecule has 5 heteroatoms. The SMILES string of the molecule is N#CC1(NC(=O)CN2CCCC2Cc2cccc(F)c2)CCCCC1. The van der Waals surface area contributed by atoms with E-state index in [-0.39, 0.29) is 17.8 Å². The Balaban J connectivity index is 1.57. The molecule has 2 aliphatic rings. The highest BCUT2D eigenvalue weighted by atomic mass is 19.1. The number of hydrogen-bond donors (Lipinski definition) is 1. The fraction of sp³-hybridized carbons (Fsp3) is 0.600. The first-order valence-corrected chi connectivity index (χ1v) is 9.31. The largest absolute Gasteiger partial charge is 0.337 e. The maximum atomic E-state index is 13.4. The Hall–Kier alpha value is -1.93. The summed E-state index contributed by atoms with van der Waals surface area (Å²) in [6.45, 7) is 1.20. The minimum absolute atomic E-state index is 0.0606. The number of benzene rings is 1. The molecule has 1 aliphatic carbocycles. The Morgan fingerprint density at radius 3 is 2.84 bits per heavy atom. The summed E-state index contributed by atoms with van der Waals surface area (Å²) < 4.78 is 13.4. The molecule has 1 saturated heterocycles. The number of rotatable bonds is 5. The van der Waals surface area contributed by atoms with E-state index in [0.717, 1.165) is 63.5 Å². The van der Waals surface area contributed by atoms with Crippen molar-refractivity contribution < 1.29 is 9.18 Å². The predicted octanol–water partition coefficient (Wildman–Crippen LogP) is 3.18. The number of nitriles is 1. The van der Waals surface area contributed by atoms with Gasteiger partial charge in [-0.05, 0) is 56.3 Å². The number of hydrogen-bond acceptors (Lipinski definition) is 3. The normalized spacial score (nSPS) is 23.1. The smallest absolute Gasteiger partial charge is 0.235 e. The second kappa shape index (κ2) is 7.97. The first-order valence-electron chi connectivity index (χ1n) is 9.31. The summed E-state index contributed by atoms with van der Waals surface area (Å²) in [6.07, 6.45) is 7.48. The molecule has 25 heavy (non-hydrogen) atoms. The van der Waals surface area contributed by atoms with Gasteiger partial charge in [0.2, 0.25) is 5.91 Å². The van der Waals surface area contributed by atoms with E-state index < -0.39 is 5.54 Å². The van der Waals surface area contributed by atoms with Crippen LogP contribution < -0.4 is 5.32 Å². The average molecular weight is 343 g/mol. The number of carbonyl (C=O) groups excluding carboxylic acids is 1. The van der Waals surface area contributed by atoms with Gasteiger partial charge in [0.25, 0.3) is 0 Å². The van der Waals surface area contributed by atoms with E-state index in [2.05, 4.69) is 16.3 Å². The Bertz CT molecular complexity index is 649. The van der Waals surface area contributed by atoms with Crippen LogP contribution in [-0.2, 0) is 11.2 Å². The van der Waals surface area contributed by atoms with Crippen LogP contribution in [0.1, 0.15) is 50.5 Å². The number of likely N-dealkylation sites (tertiary alicyclic amines) is 1. The van der Waals surface area contributed by atoms with Gasteiger partial charge < -0.3 is 5.32 Å². The summed E-state index contributed by atoms with van der Waals surface area (Å²) in [4.78, 5) is 14.7. The van der Waals surface area contributed by atoms with Crippen LogP contribution in [0, 0.1) is 17.1 Å². The van der Waals surface area contributed by atoms with E-state index in [1.54, 1.807) is 12.1 Å². The number of nitrogens with zero attached hydrogens (tertiary/aromatic N) is 2. The highest BCUT2D eigenvalue weighted by Gasteiger charge is 2.35. The molecular weight excluding hydrogens is 317 g/mol. The van der Waals surface area contributed by atoms with Crippen LogP contribution in [0.4, 0.5) is 4.39 Å². The predicted molar refractivity (Wildman–Crippen MR) is 94.3 cm³/mol. The van der Waals surface area contributed by atoms with Crippen molar-refractivity contribution in [2.24, 2.45) is 0 Å². The summed E-state index contributed by atoms with van der Waals surface area (Å²) in [5.74, 6) is -0.275. The van der Waals surface area contributed by atoms with E-state index in [4.69, 9.17) is 0 Å². The van der Waals surface area contributed by atoms with E-state index in [1.807, 2.05) is 6.07 Å². The molecule has 1 unspecified atom stereocenters. The molecule has 0 spiro atoms. The zero-order chi connectivity index (χ0) is 17.7. The zero-order valence-corrected chi connectivity index (χ0v) is 14.6. The van der Waals surface area contributed by atoms with Gasteiger partial charge in [0.1, 0.15) is 11.4 Å². The van der Waals surface area contributed by atoms with Crippen molar-refractivity contribution in [3.8, 4) is 6.07 Å². The van der Waals surface area contributed by atoms with Crippen LogP contribution >= 0.6 is 0 Å². The van der Waals surface area contributed by atoms with Gasteiger partial charge >= 0.3 is 0 Å². The number of amides is 1. The van der Waals surface area contributed by atoms with Gasteiger partial charge in [-0.15, -0.1) is 0 Å². The molecule has 1 aromatic carbocycles. The fourth-order valence-corrected chi connectivity index (χ4v) is 4.18. The van der Waals surface area contributed by atoms with Gasteiger partial charge in [0.15, 0.2) is 0 Å². The fourth-order valence-electron chi connectivity index (χ4n) is 4.18. The molecule has 1 heterocycles. The lowest BCUT2D eigenvalue weighted by Gasteiger charge is -2.33. The Morgan fingerprint density at radius 2 is 2.12 bits per heavy atom. The molecule has 1 aromatic rings. The summed E-state index contributed by atoms with van der Waals surface area (Å²) in [6, 6.07) is 9.29. The molecule has 0 radical (unpaired) electrons. The second-order valence-corrected chi connectivity index (χ2v) is 7.40. The van der Waals surface area contributed by atoms with Gasteiger partial charge in [0, 0.05) is 6.04 Å². The third-order valence-electron chi connectivity index (χ3n) is 5.51. The topological polar surface area (TPSA) is 56.1 Å². The minimum Gasteiger partial charge on any atom is -0.337 e. The monoisotopic (exact) mass is 343 g/mol. The Kier molecular flexibility index (Phi) is 5.70. The van der Waals surface area contributed by atoms with Crippen LogP contribution in [0.3, 0.4) is 0 Å². The molecule has 1 N–H and O–H groups in total. The van der Waals surface area contributed by atoms with Gasteiger partial charge in [-0.1, -0.05) is 31.4 Å². The van der Waals surface area contributed by atoms with Crippen LogP contribution in [-0.4, -0.2) is 35.5 Å². The van der Waals surface area contributed by atoms with Gasteiger partial charge in [-0.25, -0.2) is 4.39 Å². The molecule has 134 valence electrons. The van der Waals surface area contributed by atoms with E-state index in [1.165, 1.54) is 6.07 Å². The first kappa shape index (κ1) is 17.9. The summed E-state index contributed by atoms with van der Waals surface area (Å²) >= 11 is 0. The van der Waals surface area contributed by atoms with E-state index in [0.29, 0.717) is 6.54 Å². The number of nitrogens with one attached hydrogen (secondary N) is 1. The summed E-state index contributed by atoms with van der Waals surface area (Å²) in [7, 11) is 0. The standard InChI is InChI=1S/C20H26FN3O/c21-17-7-4-6-16(12-17)13-18-8-5-11-24(18)14-19(25)23-20(15-22)9-2-1-3-10-20/h4,6-7,12,18H,1-3,5,8-11,13-14H2,(H,23,25). The summed E-state index contributed by atoms with van der Waals surface area (Å²) in [5, 5.41) is 12.5. The molecule has 1 atom stereocenters. The van der Waals surface area contributed by atoms with Crippen molar-refractivity contribution in [2.75, 3.05) is 13.1 Å². The molecule has 0 aromatic heterocycles. The Morgan fingerprint density at radius 1 is 1.32 bits per heavy atom. The van der Waals surface area contributed by atoms with Gasteiger partial charge in [0.05, 0.1) is 12.6 Å². The molecule has 1 aliphatic heterocycles. The van der Waals surface area contributed by atoms with Crippen LogP contribution in [0.15, 0.2) is 24.3 Å². The third kappa shape index (κ3) is 4.58. The number of carbonyl (C=O) groups is 1. The lowest BCUT2D eigenvalue weighted by atomic mass is 9.83. The number of halogens is 1. The highest BCUT2D eigenvalue weighted by molar-refractivity contribution is 5.79.